The summed E-state index contributed by atoms with van der Waals surface area (Å²) in [6.07, 6.45) is 1.45. The number of carbonyl (C=O) groups excluding carboxylic acids is 1. The predicted octanol–water partition coefficient (Wildman–Crippen LogP) is 1.05. The first-order chi connectivity index (χ1) is 6.53. The first-order valence-corrected chi connectivity index (χ1v) is 5.12. The van der Waals surface area contributed by atoms with Gasteiger partial charge in [0.25, 0.3) is 0 Å². The SMILES string of the molecule is CCCC(=O)NCC1COC(C)(C)O1. The Morgan fingerprint density at radius 1 is 1.57 bits per heavy atom. The van der Waals surface area contributed by atoms with E-state index in [0.717, 1.165) is 6.42 Å². The Hall–Kier alpha value is -0.610. The highest BCUT2D eigenvalue weighted by Crippen LogP contribution is 2.21. The molecule has 1 aliphatic rings. The van der Waals surface area contributed by atoms with Crippen molar-refractivity contribution in [3.63, 3.8) is 0 Å². The summed E-state index contributed by atoms with van der Waals surface area (Å²) in [6, 6.07) is 0. The fraction of sp³-hybridized carbons (Fsp3) is 0.900. The van der Waals surface area contributed by atoms with E-state index >= 15 is 0 Å². The molecule has 1 amide bonds. The molecule has 14 heavy (non-hydrogen) atoms. The van der Waals surface area contributed by atoms with Crippen molar-refractivity contribution in [2.75, 3.05) is 13.2 Å². The van der Waals surface area contributed by atoms with Gasteiger partial charge in [-0.25, -0.2) is 0 Å². The maximum absolute atomic E-state index is 11.2. The van der Waals surface area contributed by atoms with Crippen LogP contribution in [-0.2, 0) is 14.3 Å². The standard InChI is InChI=1S/C10H19NO3/c1-4-5-9(12)11-6-8-7-13-10(2,3)14-8/h8H,4-7H2,1-3H3,(H,11,12). The summed E-state index contributed by atoms with van der Waals surface area (Å²) in [5.74, 6) is -0.416. The van der Waals surface area contributed by atoms with E-state index < -0.39 is 5.79 Å². The maximum atomic E-state index is 11.2. The van der Waals surface area contributed by atoms with Crippen LogP contribution in [-0.4, -0.2) is 30.9 Å². The molecule has 0 spiro atoms. The lowest BCUT2D eigenvalue weighted by Crippen LogP contribution is -2.34. The van der Waals surface area contributed by atoms with Gasteiger partial charge in [-0.3, -0.25) is 4.79 Å². The zero-order chi connectivity index (χ0) is 10.6. The highest BCUT2D eigenvalue weighted by molar-refractivity contribution is 5.75. The first kappa shape index (κ1) is 11.5. The Morgan fingerprint density at radius 2 is 2.29 bits per heavy atom. The number of rotatable bonds is 4. The van der Waals surface area contributed by atoms with Crippen LogP contribution in [0.3, 0.4) is 0 Å². The van der Waals surface area contributed by atoms with E-state index in [2.05, 4.69) is 5.32 Å². The molecule has 0 radical (unpaired) electrons. The van der Waals surface area contributed by atoms with Crippen LogP contribution >= 0.6 is 0 Å². The topological polar surface area (TPSA) is 47.6 Å². The molecule has 1 saturated heterocycles. The van der Waals surface area contributed by atoms with Crippen LogP contribution in [0.2, 0.25) is 0 Å². The molecular formula is C10H19NO3. The van der Waals surface area contributed by atoms with Crippen molar-refractivity contribution < 1.29 is 14.3 Å². The predicted molar refractivity (Wildman–Crippen MR) is 52.8 cm³/mol. The molecule has 0 saturated carbocycles. The molecule has 0 aromatic heterocycles. The Kier molecular flexibility index (Phi) is 3.89. The Morgan fingerprint density at radius 3 is 2.79 bits per heavy atom. The second-order valence-corrected chi connectivity index (χ2v) is 4.00. The van der Waals surface area contributed by atoms with Crippen LogP contribution in [0.15, 0.2) is 0 Å². The van der Waals surface area contributed by atoms with Crippen molar-refractivity contribution in [2.24, 2.45) is 0 Å². The molecule has 0 aromatic rings. The van der Waals surface area contributed by atoms with Gasteiger partial charge in [0.05, 0.1) is 6.61 Å². The summed E-state index contributed by atoms with van der Waals surface area (Å²) in [7, 11) is 0. The molecule has 82 valence electrons. The van der Waals surface area contributed by atoms with Gasteiger partial charge in [0.1, 0.15) is 6.10 Å². The van der Waals surface area contributed by atoms with Gasteiger partial charge in [-0.05, 0) is 20.3 Å². The number of hydrogen-bond acceptors (Lipinski definition) is 3. The first-order valence-electron chi connectivity index (χ1n) is 5.12. The largest absolute Gasteiger partial charge is 0.353 e. The average Bonchev–Trinajstić information content (AvgIpc) is 2.43. The molecule has 0 bridgehead atoms. The van der Waals surface area contributed by atoms with E-state index in [1.165, 1.54) is 0 Å². The van der Waals surface area contributed by atoms with Gasteiger partial charge in [0.15, 0.2) is 5.79 Å². The molecule has 1 heterocycles. The lowest BCUT2D eigenvalue weighted by Gasteiger charge is -2.17. The zero-order valence-electron chi connectivity index (χ0n) is 9.13. The summed E-state index contributed by atoms with van der Waals surface area (Å²) in [6.45, 7) is 6.83. The zero-order valence-corrected chi connectivity index (χ0v) is 9.13. The minimum absolute atomic E-state index is 0.00851. The lowest BCUT2D eigenvalue weighted by atomic mass is 10.3. The van der Waals surface area contributed by atoms with Crippen molar-refractivity contribution in [1.29, 1.82) is 0 Å². The van der Waals surface area contributed by atoms with Gasteiger partial charge >= 0.3 is 0 Å². The summed E-state index contributed by atoms with van der Waals surface area (Å²) in [4.78, 5) is 11.2. The van der Waals surface area contributed by atoms with E-state index in [4.69, 9.17) is 9.47 Å². The van der Waals surface area contributed by atoms with Crippen LogP contribution in [0.1, 0.15) is 33.6 Å². The monoisotopic (exact) mass is 201 g/mol. The summed E-state index contributed by atoms with van der Waals surface area (Å²) >= 11 is 0. The minimum atomic E-state index is -0.500. The fourth-order valence-corrected chi connectivity index (χ4v) is 1.41. The molecule has 1 atom stereocenters. The average molecular weight is 201 g/mol. The normalized spacial score (nSPS) is 24.9. The van der Waals surface area contributed by atoms with E-state index in [-0.39, 0.29) is 12.0 Å². The number of amides is 1. The Labute approximate surface area is 85.0 Å². The molecule has 4 nitrogen and oxygen atoms in total. The van der Waals surface area contributed by atoms with E-state index in [0.29, 0.717) is 19.6 Å². The van der Waals surface area contributed by atoms with Crippen LogP contribution < -0.4 is 5.32 Å². The summed E-state index contributed by atoms with van der Waals surface area (Å²) in [5.41, 5.74) is 0. The number of carbonyl (C=O) groups is 1. The molecule has 1 fully saturated rings. The van der Waals surface area contributed by atoms with E-state index in [1.807, 2.05) is 20.8 Å². The number of nitrogens with one attached hydrogen (secondary N) is 1. The van der Waals surface area contributed by atoms with Crippen molar-refractivity contribution in [2.45, 2.75) is 45.5 Å². The molecule has 1 rings (SSSR count). The number of ether oxygens (including phenoxy) is 2. The fourth-order valence-electron chi connectivity index (χ4n) is 1.41. The van der Waals surface area contributed by atoms with Crippen LogP contribution in [0.25, 0.3) is 0 Å². The highest BCUT2D eigenvalue weighted by Gasteiger charge is 2.32. The smallest absolute Gasteiger partial charge is 0.220 e. The van der Waals surface area contributed by atoms with Crippen LogP contribution in [0.5, 0.6) is 0 Å². The highest BCUT2D eigenvalue weighted by atomic mass is 16.7. The molecule has 0 aliphatic carbocycles. The van der Waals surface area contributed by atoms with E-state index in [1.54, 1.807) is 0 Å². The minimum Gasteiger partial charge on any atom is -0.353 e. The summed E-state index contributed by atoms with van der Waals surface area (Å²) < 4.78 is 10.9. The van der Waals surface area contributed by atoms with Crippen LogP contribution in [0.4, 0.5) is 0 Å². The second kappa shape index (κ2) is 4.75. The van der Waals surface area contributed by atoms with Crippen molar-refractivity contribution in [3.8, 4) is 0 Å². The second-order valence-electron chi connectivity index (χ2n) is 4.00. The molecular weight excluding hydrogens is 182 g/mol. The third kappa shape index (κ3) is 3.64. The van der Waals surface area contributed by atoms with Gasteiger partial charge in [-0.2, -0.15) is 0 Å². The van der Waals surface area contributed by atoms with Crippen molar-refractivity contribution in [3.05, 3.63) is 0 Å². The van der Waals surface area contributed by atoms with Crippen molar-refractivity contribution >= 4 is 5.91 Å². The molecule has 1 aliphatic heterocycles. The lowest BCUT2D eigenvalue weighted by molar-refractivity contribution is -0.139. The molecule has 1 unspecified atom stereocenters. The van der Waals surface area contributed by atoms with Crippen LogP contribution in [0, 0.1) is 0 Å². The van der Waals surface area contributed by atoms with Gasteiger partial charge in [0, 0.05) is 13.0 Å². The van der Waals surface area contributed by atoms with Gasteiger partial charge in [-0.1, -0.05) is 6.92 Å². The third-order valence-corrected chi connectivity index (χ3v) is 2.07. The van der Waals surface area contributed by atoms with Crippen molar-refractivity contribution in [1.82, 2.24) is 5.32 Å². The Bertz CT molecular complexity index is 204. The quantitative estimate of drug-likeness (QED) is 0.739. The van der Waals surface area contributed by atoms with Gasteiger partial charge in [-0.15, -0.1) is 0 Å². The maximum Gasteiger partial charge on any atom is 0.220 e. The Balaban J connectivity index is 2.17. The molecule has 1 N–H and O–H groups in total. The third-order valence-electron chi connectivity index (χ3n) is 2.07. The number of hydrogen-bond donors (Lipinski definition) is 1. The van der Waals surface area contributed by atoms with Gasteiger partial charge in [0.2, 0.25) is 5.91 Å². The van der Waals surface area contributed by atoms with Gasteiger partial charge < -0.3 is 14.8 Å². The summed E-state index contributed by atoms with van der Waals surface area (Å²) in [5, 5.41) is 2.82. The molecule has 4 heteroatoms. The van der Waals surface area contributed by atoms with E-state index in [9.17, 15) is 4.79 Å². The molecule has 0 aromatic carbocycles.